The number of benzene rings is 1. The summed E-state index contributed by atoms with van der Waals surface area (Å²) in [5, 5.41) is 3.66. The van der Waals surface area contributed by atoms with Crippen LogP contribution >= 0.6 is 0 Å². The van der Waals surface area contributed by atoms with Crippen molar-refractivity contribution in [2.24, 2.45) is 5.92 Å². The molecule has 0 aliphatic heterocycles. The van der Waals surface area contributed by atoms with Gasteiger partial charge in [-0.25, -0.2) is 0 Å². The van der Waals surface area contributed by atoms with Crippen LogP contribution in [0.5, 0.6) is 11.5 Å². The van der Waals surface area contributed by atoms with Gasteiger partial charge in [0, 0.05) is 18.2 Å². The van der Waals surface area contributed by atoms with Crippen molar-refractivity contribution in [1.82, 2.24) is 5.32 Å². The van der Waals surface area contributed by atoms with Crippen molar-refractivity contribution in [3.63, 3.8) is 0 Å². The fourth-order valence-electron chi connectivity index (χ4n) is 2.89. The molecule has 19 heavy (non-hydrogen) atoms. The topological polar surface area (TPSA) is 30.5 Å². The van der Waals surface area contributed by atoms with Crippen molar-refractivity contribution < 1.29 is 9.47 Å². The third-order valence-corrected chi connectivity index (χ3v) is 4.01. The SMILES string of the molecule is COc1ccc(OC)c(CNC2CCCC(C)C2)c1. The molecule has 3 nitrogen and oxygen atoms in total. The Bertz CT molecular complexity index is 406. The van der Waals surface area contributed by atoms with Crippen molar-refractivity contribution in [3.05, 3.63) is 23.8 Å². The van der Waals surface area contributed by atoms with Gasteiger partial charge >= 0.3 is 0 Å². The number of methoxy groups -OCH3 is 2. The van der Waals surface area contributed by atoms with Crippen molar-refractivity contribution in [1.29, 1.82) is 0 Å². The van der Waals surface area contributed by atoms with Gasteiger partial charge in [-0.3, -0.25) is 0 Å². The monoisotopic (exact) mass is 263 g/mol. The molecule has 1 aromatic carbocycles. The van der Waals surface area contributed by atoms with Gasteiger partial charge in [-0.05, 0) is 37.0 Å². The van der Waals surface area contributed by atoms with E-state index in [-0.39, 0.29) is 0 Å². The average Bonchev–Trinajstić information content (AvgIpc) is 2.45. The van der Waals surface area contributed by atoms with E-state index < -0.39 is 0 Å². The van der Waals surface area contributed by atoms with Crippen LogP contribution in [0.2, 0.25) is 0 Å². The number of ether oxygens (including phenoxy) is 2. The van der Waals surface area contributed by atoms with Gasteiger partial charge < -0.3 is 14.8 Å². The quantitative estimate of drug-likeness (QED) is 0.883. The molecule has 0 aromatic heterocycles. The van der Waals surface area contributed by atoms with Crippen LogP contribution in [-0.4, -0.2) is 20.3 Å². The standard InChI is InChI=1S/C16H25NO2/c1-12-5-4-6-14(9-12)17-11-13-10-15(18-2)7-8-16(13)19-3/h7-8,10,12,14,17H,4-6,9,11H2,1-3H3. The third-order valence-electron chi connectivity index (χ3n) is 4.01. The summed E-state index contributed by atoms with van der Waals surface area (Å²) in [4.78, 5) is 0. The van der Waals surface area contributed by atoms with E-state index in [1.165, 1.54) is 31.2 Å². The number of nitrogens with one attached hydrogen (secondary N) is 1. The smallest absolute Gasteiger partial charge is 0.123 e. The summed E-state index contributed by atoms with van der Waals surface area (Å²) in [5.41, 5.74) is 1.17. The van der Waals surface area contributed by atoms with Crippen LogP contribution in [0.25, 0.3) is 0 Å². The molecule has 1 aliphatic carbocycles. The largest absolute Gasteiger partial charge is 0.497 e. The average molecular weight is 263 g/mol. The highest BCUT2D eigenvalue weighted by Gasteiger charge is 2.18. The number of hydrogen-bond donors (Lipinski definition) is 1. The van der Waals surface area contributed by atoms with Crippen molar-refractivity contribution in [2.45, 2.75) is 45.2 Å². The van der Waals surface area contributed by atoms with E-state index >= 15 is 0 Å². The maximum Gasteiger partial charge on any atom is 0.123 e. The fourth-order valence-corrected chi connectivity index (χ4v) is 2.89. The normalized spacial score (nSPS) is 23.1. The zero-order valence-corrected chi connectivity index (χ0v) is 12.2. The van der Waals surface area contributed by atoms with E-state index in [0.717, 1.165) is 24.0 Å². The second-order valence-electron chi connectivity index (χ2n) is 5.53. The summed E-state index contributed by atoms with van der Waals surface area (Å²) in [5.74, 6) is 2.66. The van der Waals surface area contributed by atoms with Crippen LogP contribution in [0.3, 0.4) is 0 Å². The Morgan fingerprint density at radius 2 is 2.05 bits per heavy atom. The van der Waals surface area contributed by atoms with Crippen molar-refractivity contribution in [2.75, 3.05) is 14.2 Å². The minimum Gasteiger partial charge on any atom is -0.497 e. The fraction of sp³-hybridized carbons (Fsp3) is 0.625. The van der Waals surface area contributed by atoms with Gasteiger partial charge in [0.05, 0.1) is 14.2 Å². The highest BCUT2D eigenvalue weighted by molar-refractivity contribution is 5.40. The summed E-state index contributed by atoms with van der Waals surface area (Å²) >= 11 is 0. The number of hydrogen-bond acceptors (Lipinski definition) is 3. The first-order chi connectivity index (χ1) is 9.22. The van der Waals surface area contributed by atoms with E-state index in [4.69, 9.17) is 9.47 Å². The van der Waals surface area contributed by atoms with E-state index in [1.807, 2.05) is 12.1 Å². The minimum absolute atomic E-state index is 0.639. The molecule has 1 N–H and O–H groups in total. The molecule has 0 amide bonds. The first-order valence-electron chi connectivity index (χ1n) is 7.17. The molecule has 106 valence electrons. The van der Waals surface area contributed by atoms with Gasteiger partial charge in [-0.15, -0.1) is 0 Å². The molecule has 1 fully saturated rings. The lowest BCUT2D eigenvalue weighted by Gasteiger charge is -2.27. The molecule has 2 unspecified atom stereocenters. The summed E-state index contributed by atoms with van der Waals surface area (Å²) in [6.45, 7) is 3.19. The van der Waals surface area contributed by atoms with E-state index in [0.29, 0.717) is 6.04 Å². The predicted octanol–water partition coefficient (Wildman–Crippen LogP) is 3.37. The van der Waals surface area contributed by atoms with Gasteiger partial charge in [-0.2, -0.15) is 0 Å². The summed E-state index contributed by atoms with van der Waals surface area (Å²) in [6, 6.07) is 6.60. The Kier molecular flexibility index (Phi) is 5.08. The lowest BCUT2D eigenvalue weighted by atomic mass is 9.87. The number of rotatable bonds is 5. The van der Waals surface area contributed by atoms with Gasteiger partial charge in [-0.1, -0.05) is 19.8 Å². The predicted molar refractivity (Wildman–Crippen MR) is 77.8 cm³/mol. The third kappa shape index (κ3) is 3.87. The Morgan fingerprint density at radius 1 is 1.21 bits per heavy atom. The highest BCUT2D eigenvalue weighted by Crippen LogP contribution is 2.26. The van der Waals surface area contributed by atoms with Crippen LogP contribution in [0.4, 0.5) is 0 Å². The zero-order valence-electron chi connectivity index (χ0n) is 12.2. The second-order valence-corrected chi connectivity index (χ2v) is 5.53. The molecule has 0 spiro atoms. The first kappa shape index (κ1) is 14.2. The zero-order chi connectivity index (χ0) is 13.7. The molecule has 1 aromatic rings. The summed E-state index contributed by atoms with van der Waals surface area (Å²) < 4.78 is 10.7. The summed E-state index contributed by atoms with van der Waals surface area (Å²) in [7, 11) is 3.41. The molecular formula is C16H25NO2. The molecule has 3 heteroatoms. The molecule has 0 saturated heterocycles. The lowest BCUT2D eigenvalue weighted by Crippen LogP contribution is -2.33. The van der Waals surface area contributed by atoms with Crippen molar-refractivity contribution in [3.8, 4) is 11.5 Å². The van der Waals surface area contributed by atoms with Gasteiger partial charge in [0.15, 0.2) is 0 Å². The van der Waals surface area contributed by atoms with Gasteiger partial charge in [0.1, 0.15) is 11.5 Å². The maximum atomic E-state index is 5.41. The molecule has 0 bridgehead atoms. The van der Waals surface area contributed by atoms with E-state index in [2.05, 4.69) is 18.3 Å². The molecule has 2 atom stereocenters. The Labute approximate surface area is 116 Å². The molecular weight excluding hydrogens is 238 g/mol. The molecule has 0 heterocycles. The van der Waals surface area contributed by atoms with Crippen molar-refractivity contribution >= 4 is 0 Å². The minimum atomic E-state index is 0.639. The van der Waals surface area contributed by atoms with Crippen LogP contribution in [-0.2, 0) is 6.54 Å². The molecule has 2 rings (SSSR count). The lowest BCUT2D eigenvalue weighted by molar-refractivity contribution is 0.299. The Balaban J connectivity index is 1.97. The van der Waals surface area contributed by atoms with Crippen LogP contribution in [0.15, 0.2) is 18.2 Å². The highest BCUT2D eigenvalue weighted by atomic mass is 16.5. The maximum absolute atomic E-state index is 5.41. The van der Waals surface area contributed by atoms with Crippen LogP contribution in [0.1, 0.15) is 38.2 Å². The molecule has 1 saturated carbocycles. The van der Waals surface area contributed by atoms with Gasteiger partial charge in [0.2, 0.25) is 0 Å². The molecule has 0 radical (unpaired) electrons. The first-order valence-corrected chi connectivity index (χ1v) is 7.17. The second kappa shape index (κ2) is 6.80. The Hall–Kier alpha value is -1.22. The summed E-state index contributed by atoms with van der Waals surface area (Å²) in [6.07, 6.45) is 5.29. The van der Waals surface area contributed by atoms with Gasteiger partial charge in [0.25, 0.3) is 0 Å². The van der Waals surface area contributed by atoms with E-state index in [1.54, 1.807) is 14.2 Å². The van der Waals surface area contributed by atoms with Crippen LogP contribution in [0, 0.1) is 5.92 Å². The van der Waals surface area contributed by atoms with E-state index in [9.17, 15) is 0 Å². The van der Waals surface area contributed by atoms with Crippen LogP contribution < -0.4 is 14.8 Å². The molecule has 1 aliphatic rings. The Morgan fingerprint density at radius 3 is 2.74 bits per heavy atom.